The molecule has 5 aliphatic rings. The van der Waals surface area contributed by atoms with Crippen molar-refractivity contribution in [3.8, 4) is 0 Å². The monoisotopic (exact) mass is 484 g/mol. The predicted octanol–water partition coefficient (Wildman–Crippen LogP) is 2.66. The molecule has 36 heavy (non-hydrogen) atoms. The molecule has 2 bridgehead atoms. The van der Waals surface area contributed by atoms with Crippen LogP contribution in [0.3, 0.4) is 0 Å². The standard InChI is InChI=1S/C28H28N4O4/c33-24-11-5-10-22-18-12-17(14-30(22)24)13-29(15-18)25(34)16-31-26-19-6-1-2-7-20(19)28(36)32(26)23-9-4-3-8-21(23)27(31)35/h1-4,6-9,17-18,22,26H,5,10-16H2/t17-,18+,22-,26-/m1/s1. The Hall–Kier alpha value is -3.68. The van der Waals surface area contributed by atoms with E-state index in [2.05, 4.69) is 4.90 Å². The molecular formula is C28H28N4O4. The maximum absolute atomic E-state index is 13.7. The van der Waals surface area contributed by atoms with Gasteiger partial charge in [-0.2, -0.15) is 0 Å². The molecule has 0 unspecified atom stereocenters. The third-order valence-corrected chi connectivity index (χ3v) is 8.72. The predicted molar refractivity (Wildman–Crippen MR) is 131 cm³/mol. The molecule has 5 aliphatic heterocycles. The van der Waals surface area contributed by atoms with E-state index in [9.17, 15) is 19.2 Å². The van der Waals surface area contributed by atoms with Crippen molar-refractivity contribution in [1.82, 2.24) is 14.7 Å². The van der Waals surface area contributed by atoms with Crippen LogP contribution in [0, 0.1) is 11.8 Å². The molecule has 3 fully saturated rings. The summed E-state index contributed by atoms with van der Waals surface area (Å²) in [6.07, 6.45) is 2.97. The van der Waals surface area contributed by atoms with Gasteiger partial charge in [-0.3, -0.25) is 24.1 Å². The van der Waals surface area contributed by atoms with E-state index in [1.54, 1.807) is 34.1 Å². The van der Waals surface area contributed by atoms with Crippen molar-refractivity contribution in [2.75, 3.05) is 31.1 Å². The minimum Gasteiger partial charge on any atom is -0.340 e. The van der Waals surface area contributed by atoms with E-state index in [0.29, 0.717) is 36.3 Å². The molecule has 2 aromatic rings. The molecule has 0 radical (unpaired) electrons. The van der Waals surface area contributed by atoms with E-state index in [1.807, 2.05) is 29.2 Å². The van der Waals surface area contributed by atoms with Gasteiger partial charge in [0.15, 0.2) is 0 Å². The number of rotatable bonds is 2. The van der Waals surface area contributed by atoms with E-state index >= 15 is 0 Å². The van der Waals surface area contributed by atoms with Gasteiger partial charge >= 0.3 is 0 Å². The fraction of sp³-hybridized carbons (Fsp3) is 0.429. The van der Waals surface area contributed by atoms with Crippen LogP contribution in [0.15, 0.2) is 48.5 Å². The Morgan fingerprint density at radius 2 is 1.67 bits per heavy atom. The molecule has 5 heterocycles. The van der Waals surface area contributed by atoms with Crippen molar-refractivity contribution in [1.29, 1.82) is 0 Å². The summed E-state index contributed by atoms with van der Waals surface area (Å²) >= 11 is 0. The molecule has 4 amide bonds. The van der Waals surface area contributed by atoms with Gasteiger partial charge in [0.2, 0.25) is 11.8 Å². The van der Waals surface area contributed by atoms with Gasteiger partial charge in [0.25, 0.3) is 11.8 Å². The van der Waals surface area contributed by atoms with Crippen LogP contribution in [0.2, 0.25) is 0 Å². The molecule has 4 atom stereocenters. The van der Waals surface area contributed by atoms with Gasteiger partial charge in [-0.1, -0.05) is 30.3 Å². The second-order valence-electron chi connectivity index (χ2n) is 10.8. The van der Waals surface area contributed by atoms with E-state index in [1.165, 1.54) is 0 Å². The van der Waals surface area contributed by atoms with Crippen LogP contribution < -0.4 is 4.90 Å². The lowest BCUT2D eigenvalue weighted by Gasteiger charge is -2.52. The fourth-order valence-corrected chi connectivity index (χ4v) is 7.19. The minimum atomic E-state index is -0.629. The van der Waals surface area contributed by atoms with Crippen molar-refractivity contribution >= 4 is 29.3 Å². The first kappa shape index (κ1) is 21.6. The highest BCUT2D eigenvalue weighted by atomic mass is 16.2. The van der Waals surface area contributed by atoms with E-state index in [0.717, 1.165) is 31.4 Å². The molecule has 0 saturated carbocycles. The molecule has 0 spiro atoms. The largest absolute Gasteiger partial charge is 0.340 e. The Balaban J connectivity index is 1.19. The van der Waals surface area contributed by atoms with Crippen LogP contribution in [0.1, 0.15) is 58.1 Å². The summed E-state index contributed by atoms with van der Waals surface area (Å²) in [5.41, 5.74) is 2.35. The number of nitrogens with zero attached hydrogens (tertiary/aromatic N) is 4. The second-order valence-corrected chi connectivity index (χ2v) is 10.8. The maximum atomic E-state index is 13.7. The van der Waals surface area contributed by atoms with Gasteiger partial charge in [0, 0.05) is 43.2 Å². The molecule has 8 heteroatoms. The third-order valence-electron chi connectivity index (χ3n) is 8.72. The number of anilines is 1. The van der Waals surface area contributed by atoms with Gasteiger partial charge in [0.05, 0.1) is 11.3 Å². The summed E-state index contributed by atoms with van der Waals surface area (Å²) in [6, 6.07) is 14.7. The first-order valence-electron chi connectivity index (χ1n) is 12.9. The molecule has 0 aromatic heterocycles. The van der Waals surface area contributed by atoms with Crippen molar-refractivity contribution in [3.63, 3.8) is 0 Å². The number of carbonyl (C=O) groups is 4. The van der Waals surface area contributed by atoms with Crippen molar-refractivity contribution < 1.29 is 19.2 Å². The number of carbonyl (C=O) groups excluding carboxylic acids is 4. The zero-order valence-corrected chi connectivity index (χ0v) is 20.0. The maximum Gasteiger partial charge on any atom is 0.260 e. The van der Waals surface area contributed by atoms with Crippen LogP contribution in [-0.2, 0) is 9.59 Å². The first-order chi connectivity index (χ1) is 17.5. The quantitative estimate of drug-likeness (QED) is 0.657. The average molecular weight is 485 g/mol. The average Bonchev–Trinajstić information content (AvgIpc) is 3.19. The molecular weight excluding hydrogens is 456 g/mol. The Kier molecular flexibility index (Phi) is 4.75. The summed E-state index contributed by atoms with van der Waals surface area (Å²) in [4.78, 5) is 60.4. The summed E-state index contributed by atoms with van der Waals surface area (Å²) in [5, 5.41) is 0. The molecule has 7 rings (SSSR count). The lowest BCUT2D eigenvalue weighted by Crippen LogP contribution is -2.62. The number of piperidine rings is 3. The van der Waals surface area contributed by atoms with E-state index in [4.69, 9.17) is 0 Å². The van der Waals surface area contributed by atoms with Gasteiger partial charge < -0.3 is 14.7 Å². The van der Waals surface area contributed by atoms with Crippen LogP contribution >= 0.6 is 0 Å². The minimum absolute atomic E-state index is 0.0807. The summed E-state index contributed by atoms with van der Waals surface area (Å²) in [5.74, 6) is 0.337. The van der Waals surface area contributed by atoms with Crippen molar-refractivity contribution in [2.24, 2.45) is 11.8 Å². The smallest absolute Gasteiger partial charge is 0.260 e. The van der Waals surface area contributed by atoms with E-state index in [-0.39, 0.29) is 48.1 Å². The SMILES string of the molecule is O=C(CN1C(=O)c2ccccc2N2C(=O)c3ccccc3[C@H]12)N1C[C@H]2C[C@@H](C1)[C@H]1CCCC(=O)N1C2. The normalized spacial score (nSPS) is 28.5. The van der Waals surface area contributed by atoms with Crippen LogP contribution in [0.25, 0.3) is 0 Å². The number of likely N-dealkylation sites (tertiary alicyclic amines) is 1. The van der Waals surface area contributed by atoms with Gasteiger partial charge in [-0.15, -0.1) is 0 Å². The Morgan fingerprint density at radius 1 is 0.889 bits per heavy atom. The Morgan fingerprint density at radius 3 is 2.53 bits per heavy atom. The second kappa shape index (κ2) is 7.91. The highest BCUT2D eigenvalue weighted by Gasteiger charge is 2.49. The zero-order valence-electron chi connectivity index (χ0n) is 20.0. The summed E-state index contributed by atoms with van der Waals surface area (Å²) < 4.78 is 0. The number of hydrogen-bond acceptors (Lipinski definition) is 4. The van der Waals surface area contributed by atoms with Gasteiger partial charge in [0.1, 0.15) is 12.7 Å². The van der Waals surface area contributed by atoms with Gasteiger partial charge in [-0.05, 0) is 49.3 Å². The van der Waals surface area contributed by atoms with Crippen LogP contribution in [0.5, 0.6) is 0 Å². The molecule has 2 aromatic carbocycles. The number of para-hydroxylation sites is 1. The Labute approximate surface area is 209 Å². The van der Waals surface area contributed by atoms with Crippen molar-refractivity contribution in [2.45, 2.75) is 37.9 Å². The van der Waals surface area contributed by atoms with Crippen molar-refractivity contribution in [3.05, 3.63) is 65.2 Å². The van der Waals surface area contributed by atoms with E-state index < -0.39 is 6.17 Å². The summed E-state index contributed by atoms with van der Waals surface area (Å²) in [7, 11) is 0. The first-order valence-corrected chi connectivity index (χ1v) is 12.9. The number of amides is 4. The topological polar surface area (TPSA) is 81.2 Å². The zero-order chi connectivity index (χ0) is 24.6. The number of benzene rings is 2. The molecule has 0 aliphatic carbocycles. The lowest BCUT2D eigenvalue weighted by atomic mass is 9.76. The molecule has 3 saturated heterocycles. The highest BCUT2D eigenvalue weighted by Crippen LogP contribution is 2.45. The van der Waals surface area contributed by atoms with Crippen LogP contribution in [-0.4, -0.2) is 70.5 Å². The highest BCUT2D eigenvalue weighted by molar-refractivity contribution is 6.17. The lowest BCUT2D eigenvalue weighted by molar-refractivity contribution is -0.149. The molecule has 0 N–H and O–H groups in total. The Bertz CT molecular complexity index is 1310. The van der Waals surface area contributed by atoms with Crippen LogP contribution in [0.4, 0.5) is 5.69 Å². The number of fused-ring (bicyclic) bond motifs is 9. The molecule has 184 valence electrons. The third kappa shape index (κ3) is 3.06. The summed E-state index contributed by atoms with van der Waals surface area (Å²) in [6.45, 7) is 1.86. The molecule has 8 nitrogen and oxygen atoms in total. The number of hydrogen-bond donors (Lipinski definition) is 0. The fourth-order valence-electron chi connectivity index (χ4n) is 7.19. The van der Waals surface area contributed by atoms with Gasteiger partial charge in [-0.25, -0.2) is 0 Å².